The van der Waals surface area contributed by atoms with Crippen molar-refractivity contribution in [3.05, 3.63) is 38.9 Å². The lowest BCUT2D eigenvalue weighted by molar-refractivity contribution is -0.385. The Balaban J connectivity index is 2.65. The molecule has 1 fully saturated rings. The van der Waals surface area contributed by atoms with Crippen LogP contribution in [-0.4, -0.2) is 21.9 Å². The van der Waals surface area contributed by atoms with Crippen LogP contribution in [0.25, 0.3) is 0 Å². The van der Waals surface area contributed by atoms with Crippen LogP contribution in [0.5, 0.6) is 0 Å². The number of rotatable bonds is 3. The first-order valence-electron chi connectivity index (χ1n) is 4.78. The average molecular weight is 278 g/mol. The van der Waals surface area contributed by atoms with Gasteiger partial charge in [0.1, 0.15) is 0 Å². The van der Waals surface area contributed by atoms with Gasteiger partial charge in [0.2, 0.25) is 0 Å². The standard InChI is InChI=1S/C10H6ClF2NO4/c11-5-1-2-6(7(3-5)14(17)18)9(8(15)16)4-10(9,12)13/h1-3H,4H2,(H,15,16). The van der Waals surface area contributed by atoms with E-state index in [9.17, 15) is 23.7 Å². The van der Waals surface area contributed by atoms with Crippen LogP contribution in [-0.2, 0) is 10.2 Å². The summed E-state index contributed by atoms with van der Waals surface area (Å²) in [5.74, 6) is -5.27. The smallest absolute Gasteiger partial charge is 0.320 e. The van der Waals surface area contributed by atoms with Gasteiger partial charge in [-0.2, -0.15) is 0 Å². The van der Waals surface area contributed by atoms with Crippen LogP contribution >= 0.6 is 11.6 Å². The molecule has 5 nitrogen and oxygen atoms in total. The summed E-state index contributed by atoms with van der Waals surface area (Å²) in [5, 5.41) is 19.7. The fourth-order valence-corrected chi connectivity index (χ4v) is 2.11. The molecule has 1 aliphatic rings. The minimum atomic E-state index is -3.49. The van der Waals surface area contributed by atoms with E-state index in [-0.39, 0.29) is 5.02 Å². The lowest BCUT2D eigenvalue weighted by Gasteiger charge is -2.12. The molecule has 2 rings (SSSR count). The van der Waals surface area contributed by atoms with Crippen molar-refractivity contribution in [2.45, 2.75) is 17.8 Å². The SMILES string of the molecule is O=C(O)C1(c2ccc(Cl)cc2[N+](=O)[O-])CC1(F)F. The Bertz CT molecular complexity index is 563. The van der Waals surface area contributed by atoms with Crippen molar-refractivity contribution >= 4 is 23.3 Å². The van der Waals surface area contributed by atoms with Crippen molar-refractivity contribution in [3.8, 4) is 0 Å². The third kappa shape index (κ3) is 1.54. The number of nitrogens with zero attached hydrogens (tertiary/aromatic N) is 1. The van der Waals surface area contributed by atoms with E-state index < -0.39 is 39.9 Å². The molecule has 1 unspecified atom stereocenters. The van der Waals surface area contributed by atoms with Gasteiger partial charge in [-0.1, -0.05) is 11.6 Å². The number of carbonyl (C=O) groups is 1. The van der Waals surface area contributed by atoms with Gasteiger partial charge in [0.25, 0.3) is 11.6 Å². The molecule has 1 saturated carbocycles. The summed E-state index contributed by atoms with van der Waals surface area (Å²) < 4.78 is 26.6. The second kappa shape index (κ2) is 3.61. The highest BCUT2D eigenvalue weighted by atomic mass is 35.5. The van der Waals surface area contributed by atoms with Gasteiger partial charge in [0, 0.05) is 17.5 Å². The fraction of sp³-hybridized carbons (Fsp3) is 0.300. The first kappa shape index (κ1) is 12.7. The van der Waals surface area contributed by atoms with Gasteiger partial charge in [-0.15, -0.1) is 0 Å². The van der Waals surface area contributed by atoms with Crippen LogP contribution in [0.2, 0.25) is 5.02 Å². The van der Waals surface area contributed by atoms with Gasteiger partial charge >= 0.3 is 5.97 Å². The molecule has 0 aliphatic heterocycles. The molecule has 8 heteroatoms. The maximum Gasteiger partial charge on any atom is 0.320 e. The molecule has 0 spiro atoms. The highest BCUT2D eigenvalue weighted by molar-refractivity contribution is 6.30. The molecule has 1 aromatic rings. The maximum atomic E-state index is 13.3. The largest absolute Gasteiger partial charge is 0.480 e. The van der Waals surface area contributed by atoms with E-state index in [2.05, 4.69) is 0 Å². The molecule has 0 amide bonds. The van der Waals surface area contributed by atoms with Crippen LogP contribution < -0.4 is 0 Å². The third-order valence-electron chi connectivity index (χ3n) is 2.97. The van der Waals surface area contributed by atoms with E-state index in [0.29, 0.717) is 0 Å². The fourth-order valence-electron chi connectivity index (χ4n) is 1.95. The Kier molecular flexibility index (Phi) is 2.55. The maximum absolute atomic E-state index is 13.3. The molecule has 0 saturated heterocycles. The number of aliphatic carboxylic acids is 1. The second-order valence-corrected chi connectivity index (χ2v) is 4.45. The van der Waals surface area contributed by atoms with E-state index >= 15 is 0 Å². The van der Waals surface area contributed by atoms with E-state index in [1.165, 1.54) is 0 Å². The Hall–Kier alpha value is -1.76. The van der Waals surface area contributed by atoms with Gasteiger partial charge in [-0.3, -0.25) is 14.9 Å². The van der Waals surface area contributed by atoms with Crippen LogP contribution in [0, 0.1) is 10.1 Å². The molecule has 1 aromatic carbocycles. The summed E-state index contributed by atoms with van der Waals surface area (Å²) in [5.41, 5.74) is -3.74. The summed E-state index contributed by atoms with van der Waals surface area (Å²) in [7, 11) is 0. The van der Waals surface area contributed by atoms with Crippen LogP contribution in [0.15, 0.2) is 18.2 Å². The summed E-state index contributed by atoms with van der Waals surface area (Å²) in [4.78, 5) is 20.9. The number of hydrogen-bond donors (Lipinski definition) is 1. The van der Waals surface area contributed by atoms with E-state index in [4.69, 9.17) is 16.7 Å². The van der Waals surface area contributed by atoms with Crippen LogP contribution in [0.1, 0.15) is 12.0 Å². The van der Waals surface area contributed by atoms with Crippen molar-refractivity contribution in [1.82, 2.24) is 0 Å². The molecule has 18 heavy (non-hydrogen) atoms. The van der Waals surface area contributed by atoms with Crippen LogP contribution in [0.3, 0.4) is 0 Å². The van der Waals surface area contributed by atoms with Crippen LogP contribution in [0.4, 0.5) is 14.5 Å². The molecule has 0 heterocycles. The third-order valence-corrected chi connectivity index (χ3v) is 3.20. The van der Waals surface area contributed by atoms with Gasteiger partial charge in [-0.05, 0) is 12.1 Å². The van der Waals surface area contributed by atoms with Crippen molar-refractivity contribution in [3.63, 3.8) is 0 Å². The second-order valence-electron chi connectivity index (χ2n) is 4.01. The average Bonchev–Trinajstić information content (AvgIpc) is 2.83. The number of hydrogen-bond acceptors (Lipinski definition) is 3. The molecule has 96 valence electrons. The lowest BCUT2D eigenvalue weighted by Crippen LogP contribution is -2.28. The number of alkyl halides is 2. The predicted octanol–water partition coefficient (Wildman–Crippen LogP) is 2.61. The summed E-state index contributed by atoms with van der Waals surface area (Å²) in [6.45, 7) is 0. The zero-order valence-electron chi connectivity index (χ0n) is 8.69. The van der Waals surface area contributed by atoms with Crippen molar-refractivity contribution < 1.29 is 23.6 Å². The first-order valence-corrected chi connectivity index (χ1v) is 5.16. The Morgan fingerprint density at radius 2 is 2.06 bits per heavy atom. The molecule has 1 aliphatic carbocycles. The topological polar surface area (TPSA) is 80.4 Å². The number of nitro groups is 1. The minimum Gasteiger partial charge on any atom is -0.480 e. The Labute approximate surface area is 104 Å². The van der Waals surface area contributed by atoms with E-state index in [1.807, 2.05) is 0 Å². The molecule has 1 N–H and O–H groups in total. The number of nitro benzene ring substituents is 1. The molecule has 0 aromatic heterocycles. The van der Waals surface area contributed by atoms with Crippen molar-refractivity contribution in [2.75, 3.05) is 0 Å². The Morgan fingerprint density at radius 1 is 1.50 bits per heavy atom. The van der Waals surface area contributed by atoms with Gasteiger partial charge in [0.15, 0.2) is 5.41 Å². The lowest BCUT2D eigenvalue weighted by atomic mass is 9.93. The van der Waals surface area contributed by atoms with E-state index in [0.717, 1.165) is 18.2 Å². The summed E-state index contributed by atoms with van der Waals surface area (Å²) in [6, 6.07) is 2.99. The number of halogens is 3. The highest BCUT2D eigenvalue weighted by Gasteiger charge is 2.78. The first-order chi connectivity index (χ1) is 8.22. The Morgan fingerprint density at radius 3 is 2.44 bits per heavy atom. The van der Waals surface area contributed by atoms with Crippen molar-refractivity contribution in [1.29, 1.82) is 0 Å². The summed E-state index contributed by atoms with van der Waals surface area (Å²) >= 11 is 5.54. The summed E-state index contributed by atoms with van der Waals surface area (Å²) in [6.07, 6.45) is -0.947. The number of benzene rings is 1. The number of carboxylic acid groups (broad SMARTS) is 1. The monoisotopic (exact) mass is 277 g/mol. The quantitative estimate of drug-likeness (QED) is 0.680. The van der Waals surface area contributed by atoms with Gasteiger partial charge in [-0.25, -0.2) is 8.78 Å². The molecule has 1 atom stereocenters. The zero-order valence-corrected chi connectivity index (χ0v) is 9.45. The number of carboxylic acids is 1. The predicted molar refractivity (Wildman–Crippen MR) is 57.0 cm³/mol. The highest BCUT2D eigenvalue weighted by Crippen LogP contribution is 2.63. The molecular formula is C10H6ClF2NO4. The molecule has 0 bridgehead atoms. The van der Waals surface area contributed by atoms with E-state index in [1.54, 1.807) is 0 Å². The minimum absolute atomic E-state index is 0.0186. The van der Waals surface area contributed by atoms with Gasteiger partial charge < -0.3 is 5.11 Å². The molecular weight excluding hydrogens is 272 g/mol. The molecule has 0 radical (unpaired) electrons. The normalized spacial score (nSPS) is 24.6. The zero-order chi connectivity index (χ0) is 13.7. The van der Waals surface area contributed by atoms with Crippen molar-refractivity contribution in [2.24, 2.45) is 0 Å². The van der Waals surface area contributed by atoms with Gasteiger partial charge in [0.05, 0.1) is 10.5 Å².